The largest absolute Gasteiger partial charge is 0.314 e. The predicted molar refractivity (Wildman–Crippen MR) is 67.5 cm³/mol. The van der Waals surface area contributed by atoms with E-state index in [1.807, 2.05) is 0 Å². The molecule has 3 fully saturated rings. The minimum absolute atomic E-state index is 0.820. The summed E-state index contributed by atoms with van der Waals surface area (Å²) in [6.45, 7) is 6.41. The molecule has 0 bridgehead atoms. The molecule has 2 nitrogen and oxygen atoms in total. The van der Waals surface area contributed by atoms with Crippen LogP contribution in [0.15, 0.2) is 0 Å². The summed E-state index contributed by atoms with van der Waals surface area (Å²) in [5, 5.41) is 3.83. The molecule has 0 spiro atoms. The maximum Gasteiger partial charge on any atom is 0.0111 e. The van der Waals surface area contributed by atoms with Gasteiger partial charge in [0.1, 0.15) is 0 Å². The fourth-order valence-corrected chi connectivity index (χ4v) is 3.59. The summed E-state index contributed by atoms with van der Waals surface area (Å²) in [5.41, 5.74) is 0. The number of piperidine rings is 1. The van der Waals surface area contributed by atoms with Gasteiger partial charge in [-0.1, -0.05) is 6.92 Å². The number of nitrogens with zero attached hydrogens (tertiary/aromatic N) is 1. The van der Waals surface area contributed by atoms with Gasteiger partial charge >= 0.3 is 0 Å². The van der Waals surface area contributed by atoms with E-state index >= 15 is 0 Å². The number of hydrogen-bond acceptors (Lipinski definition) is 2. The average molecular weight is 222 g/mol. The third-order valence-corrected chi connectivity index (χ3v) is 4.98. The first kappa shape index (κ1) is 11.0. The van der Waals surface area contributed by atoms with Gasteiger partial charge in [0.05, 0.1) is 0 Å². The van der Waals surface area contributed by atoms with Gasteiger partial charge in [0.25, 0.3) is 0 Å². The standard InChI is InChI=1S/C14H26N2/c1-11(12-4-5-12)10-15-13-6-8-16-7-2-3-14(16)9-13/h11-15H,2-10H2,1H3. The van der Waals surface area contributed by atoms with Crippen molar-refractivity contribution < 1.29 is 0 Å². The van der Waals surface area contributed by atoms with Crippen LogP contribution in [0.2, 0.25) is 0 Å². The molecule has 3 aliphatic rings. The van der Waals surface area contributed by atoms with Gasteiger partial charge in [-0.05, 0) is 70.0 Å². The zero-order chi connectivity index (χ0) is 11.0. The van der Waals surface area contributed by atoms with Crippen LogP contribution in [-0.2, 0) is 0 Å². The lowest BCUT2D eigenvalue weighted by Gasteiger charge is -2.35. The Morgan fingerprint density at radius 1 is 1.19 bits per heavy atom. The summed E-state index contributed by atoms with van der Waals surface area (Å²) in [6.07, 6.45) is 8.67. The molecule has 0 radical (unpaired) electrons. The Morgan fingerprint density at radius 3 is 2.88 bits per heavy atom. The van der Waals surface area contributed by atoms with Crippen molar-refractivity contribution in [3.8, 4) is 0 Å². The molecule has 2 heteroatoms. The van der Waals surface area contributed by atoms with Crippen molar-refractivity contribution in [1.82, 2.24) is 10.2 Å². The lowest BCUT2D eigenvalue weighted by Crippen LogP contribution is -2.46. The number of nitrogens with one attached hydrogen (secondary N) is 1. The zero-order valence-corrected chi connectivity index (χ0v) is 10.6. The molecule has 0 amide bonds. The highest BCUT2D eigenvalue weighted by atomic mass is 15.2. The van der Waals surface area contributed by atoms with Crippen LogP contribution in [-0.4, -0.2) is 36.6 Å². The molecule has 2 aliphatic heterocycles. The molecule has 0 aromatic carbocycles. The van der Waals surface area contributed by atoms with E-state index < -0.39 is 0 Å². The fraction of sp³-hybridized carbons (Fsp3) is 1.00. The Hall–Kier alpha value is -0.0800. The molecule has 3 unspecified atom stereocenters. The van der Waals surface area contributed by atoms with Crippen LogP contribution >= 0.6 is 0 Å². The van der Waals surface area contributed by atoms with Crippen molar-refractivity contribution in [3.63, 3.8) is 0 Å². The van der Waals surface area contributed by atoms with E-state index in [0.717, 1.165) is 23.9 Å². The van der Waals surface area contributed by atoms with Crippen LogP contribution in [0.1, 0.15) is 45.4 Å². The number of rotatable bonds is 4. The van der Waals surface area contributed by atoms with E-state index in [1.165, 1.54) is 58.2 Å². The van der Waals surface area contributed by atoms with Crippen molar-refractivity contribution in [2.75, 3.05) is 19.6 Å². The lowest BCUT2D eigenvalue weighted by molar-refractivity contribution is 0.164. The Labute approximate surface area is 99.8 Å². The van der Waals surface area contributed by atoms with Gasteiger partial charge in [-0.3, -0.25) is 0 Å². The zero-order valence-electron chi connectivity index (χ0n) is 10.6. The predicted octanol–water partition coefficient (Wildman–Crippen LogP) is 2.25. The van der Waals surface area contributed by atoms with Crippen LogP contribution < -0.4 is 5.32 Å². The molecular weight excluding hydrogens is 196 g/mol. The minimum atomic E-state index is 0.820. The Bertz CT molecular complexity index is 237. The van der Waals surface area contributed by atoms with Crippen molar-refractivity contribution in [1.29, 1.82) is 0 Å². The van der Waals surface area contributed by atoms with Gasteiger partial charge in [-0.15, -0.1) is 0 Å². The Kier molecular flexibility index (Phi) is 3.21. The summed E-state index contributed by atoms with van der Waals surface area (Å²) in [7, 11) is 0. The molecule has 2 heterocycles. The SMILES string of the molecule is CC(CNC1CCN2CCCC2C1)C1CC1. The smallest absolute Gasteiger partial charge is 0.0111 e. The molecule has 2 saturated heterocycles. The first-order valence-corrected chi connectivity index (χ1v) is 7.30. The molecule has 1 N–H and O–H groups in total. The molecule has 92 valence electrons. The van der Waals surface area contributed by atoms with Crippen LogP contribution in [0.3, 0.4) is 0 Å². The summed E-state index contributed by atoms with van der Waals surface area (Å²) in [5.74, 6) is 1.97. The van der Waals surface area contributed by atoms with Crippen LogP contribution in [0, 0.1) is 11.8 Å². The van der Waals surface area contributed by atoms with E-state index in [2.05, 4.69) is 17.1 Å². The third kappa shape index (κ3) is 2.43. The first-order chi connectivity index (χ1) is 7.83. The normalized spacial score (nSPS) is 37.3. The molecule has 16 heavy (non-hydrogen) atoms. The minimum Gasteiger partial charge on any atom is -0.314 e. The van der Waals surface area contributed by atoms with E-state index in [1.54, 1.807) is 0 Å². The second-order valence-corrected chi connectivity index (χ2v) is 6.28. The quantitative estimate of drug-likeness (QED) is 0.785. The maximum absolute atomic E-state index is 3.83. The van der Waals surface area contributed by atoms with Crippen molar-refractivity contribution in [2.45, 2.75) is 57.5 Å². The summed E-state index contributed by atoms with van der Waals surface area (Å²) < 4.78 is 0. The third-order valence-electron chi connectivity index (χ3n) is 4.98. The molecule has 0 aromatic rings. The maximum atomic E-state index is 3.83. The highest BCUT2D eigenvalue weighted by Gasteiger charge is 2.32. The molecule has 1 aliphatic carbocycles. The number of fused-ring (bicyclic) bond motifs is 1. The van der Waals surface area contributed by atoms with Gasteiger partial charge < -0.3 is 10.2 Å². The highest BCUT2D eigenvalue weighted by molar-refractivity contribution is 4.90. The van der Waals surface area contributed by atoms with Gasteiger partial charge in [-0.25, -0.2) is 0 Å². The highest BCUT2D eigenvalue weighted by Crippen LogP contribution is 2.36. The van der Waals surface area contributed by atoms with Gasteiger partial charge in [0.15, 0.2) is 0 Å². The Morgan fingerprint density at radius 2 is 2.06 bits per heavy atom. The second kappa shape index (κ2) is 4.66. The van der Waals surface area contributed by atoms with E-state index in [9.17, 15) is 0 Å². The monoisotopic (exact) mass is 222 g/mol. The van der Waals surface area contributed by atoms with Crippen molar-refractivity contribution >= 4 is 0 Å². The van der Waals surface area contributed by atoms with E-state index in [4.69, 9.17) is 0 Å². The Balaban J connectivity index is 1.41. The molecule has 0 aromatic heterocycles. The van der Waals surface area contributed by atoms with Gasteiger partial charge in [-0.2, -0.15) is 0 Å². The summed E-state index contributed by atoms with van der Waals surface area (Å²) >= 11 is 0. The van der Waals surface area contributed by atoms with Crippen molar-refractivity contribution in [2.24, 2.45) is 11.8 Å². The van der Waals surface area contributed by atoms with E-state index in [0.29, 0.717) is 0 Å². The van der Waals surface area contributed by atoms with Crippen molar-refractivity contribution in [3.05, 3.63) is 0 Å². The average Bonchev–Trinajstić information content (AvgIpc) is 3.04. The fourth-order valence-electron chi connectivity index (χ4n) is 3.59. The topological polar surface area (TPSA) is 15.3 Å². The first-order valence-electron chi connectivity index (χ1n) is 7.30. The van der Waals surface area contributed by atoms with Crippen LogP contribution in [0.5, 0.6) is 0 Å². The van der Waals surface area contributed by atoms with Gasteiger partial charge in [0.2, 0.25) is 0 Å². The summed E-state index contributed by atoms with van der Waals surface area (Å²) in [6, 6.07) is 1.74. The lowest BCUT2D eigenvalue weighted by atomic mass is 9.96. The van der Waals surface area contributed by atoms with Crippen LogP contribution in [0.4, 0.5) is 0 Å². The summed E-state index contributed by atoms with van der Waals surface area (Å²) in [4.78, 5) is 2.71. The second-order valence-electron chi connectivity index (χ2n) is 6.28. The molecule has 1 saturated carbocycles. The van der Waals surface area contributed by atoms with Gasteiger partial charge in [0, 0.05) is 12.1 Å². The molecule has 3 rings (SSSR count). The van der Waals surface area contributed by atoms with E-state index in [-0.39, 0.29) is 0 Å². The molecule has 3 atom stereocenters. The molecular formula is C14H26N2. The number of hydrogen-bond donors (Lipinski definition) is 1. The van der Waals surface area contributed by atoms with Crippen LogP contribution in [0.25, 0.3) is 0 Å².